The number of hydrogen-bond donors (Lipinski definition) is 0. The summed E-state index contributed by atoms with van der Waals surface area (Å²) >= 11 is 1.78. The molecule has 0 aromatic carbocycles. The van der Waals surface area contributed by atoms with E-state index in [1.54, 1.807) is 11.8 Å². The molecule has 0 spiro atoms. The Balaban J connectivity index is 2.89. The summed E-state index contributed by atoms with van der Waals surface area (Å²) in [5.41, 5.74) is 0. The molecular formula is C17H26O5S. The van der Waals surface area contributed by atoms with Gasteiger partial charge in [-0.2, -0.15) is 11.8 Å². The molecule has 0 N–H and O–H groups in total. The second-order valence-electron chi connectivity index (χ2n) is 5.70. The van der Waals surface area contributed by atoms with Gasteiger partial charge >= 0.3 is 11.9 Å². The van der Waals surface area contributed by atoms with Crippen molar-refractivity contribution in [3.63, 3.8) is 0 Å². The second-order valence-corrected chi connectivity index (χ2v) is 7.42. The molecule has 3 atom stereocenters. The first-order chi connectivity index (χ1) is 10.9. The number of ether oxygens (including phenoxy) is 2. The molecule has 23 heavy (non-hydrogen) atoms. The van der Waals surface area contributed by atoms with E-state index in [4.69, 9.17) is 9.47 Å². The lowest BCUT2D eigenvalue weighted by Gasteiger charge is -2.29. The second kappa shape index (κ2) is 9.75. The molecule has 0 fully saturated rings. The van der Waals surface area contributed by atoms with E-state index in [1.165, 1.54) is 13.2 Å². The average molecular weight is 342 g/mol. The zero-order valence-corrected chi connectivity index (χ0v) is 15.1. The van der Waals surface area contributed by atoms with Crippen molar-refractivity contribution in [3.05, 3.63) is 11.8 Å². The number of carbonyl (C=O) groups excluding carboxylic acids is 3. The number of ketones is 1. The van der Waals surface area contributed by atoms with Crippen molar-refractivity contribution in [1.82, 2.24) is 0 Å². The van der Waals surface area contributed by atoms with E-state index in [0.29, 0.717) is 36.7 Å². The molecule has 0 heterocycles. The Morgan fingerprint density at radius 3 is 2.65 bits per heavy atom. The fourth-order valence-corrected chi connectivity index (χ4v) is 3.77. The number of thioether (sulfide) groups is 1. The van der Waals surface area contributed by atoms with Crippen molar-refractivity contribution in [2.45, 2.75) is 51.7 Å². The van der Waals surface area contributed by atoms with Crippen LogP contribution >= 0.6 is 11.8 Å². The lowest BCUT2D eigenvalue weighted by Crippen LogP contribution is -2.36. The van der Waals surface area contributed by atoms with Gasteiger partial charge in [-0.15, -0.1) is 0 Å². The molecule has 6 heteroatoms. The van der Waals surface area contributed by atoms with E-state index in [9.17, 15) is 14.4 Å². The lowest BCUT2D eigenvalue weighted by atomic mass is 9.78. The SMILES string of the molecule is CCCC(=O)OC1=CC(=O)C(C(=O)OC)C(CC(C)SCC)C1. The van der Waals surface area contributed by atoms with Crippen LogP contribution in [-0.2, 0) is 23.9 Å². The van der Waals surface area contributed by atoms with Crippen LogP contribution in [0.25, 0.3) is 0 Å². The summed E-state index contributed by atoms with van der Waals surface area (Å²) in [6.45, 7) is 6.04. The average Bonchev–Trinajstić information content (AvgIpc) is 2.46. The van der Waals surface area contributed by atoms with E-state index >= 15 is 0 Å². The van der Waals surface area contributed by atoms with Crippen LogP contribution in [-0.4, -0.2) is 35.8 Å². The van der Waals surface area contributed by atoms with E-state index in [0.717, 1.165) is 5.75 Å². The Kier molecular flexibility index (Phi) is 8.37. The van der Waals surface area contributed by atoms with Crippen LogP contribution in [0.3, 0.4) is 0 Å². The first kappa shape index (κ1) is 19.7. The molecule has 0 aliphatic heterocycles. The highest BCUT2D eigenvalue weighted by atomic mass is 32.2. The van der Waals surface area contributed by atoms with Crippen molar-refractivity contribution in [1.29, 1.82) is 0 Å². The predicted octanol–water partition coefficient (Wildman–Crippen LogP) is 3.12. The largest absolute Gasteiger partial charge is 0.468 e. The summed E-state index contributed by atoms with van der Waals surface area (Å²) in [6, 6.07) is 0. The van der Waals surface area contributed by atoms with Gasteiger partial charge in [0.2, 0.25) is 0 Å². The molecule has 0 bridgehead atoms. The Hall–Kier alpha value is -1.30. The van der Waals surface area contributed by atoms with Gasteiger partial charge in [0.1, 0.15) is 11.7 Å². The summed E-state index contributed by atoms with van der Waals surface area (Å²) in [4.78, 5) is 35.9. The third kappa shape index (κ3) is 6.01. The molecule has 5 nitrogen and oxygen atoms in total. The molecule has 0 saturated heterocycles. The minimum Gasteiger partial charge on any atom is -0.468 e. The zero-order chi connectivity index (χ0) is 17.4. The fourth-order valence-electron chi connectivity index (χ4n) is 2.82. The van der Waals surface area contributed by atoms with Gasteiger partial charge in [-0.3, -0.25) is 14.4 Å². The molecule has 1 rings (SSSR count). The zero-order valence-electron chi connectivity index (χ0n) is 14.3. The van der Waals surface area contributed by atoms with Crippen LogP contribution in [0.1, 0.15) is 46.5 Å². The number of allylic oxidation sites excluding steroid dienone is 2. The van der Waals surface area contributed by atoms with Gasteiger partial charge in [0.25, 0.3) is 0 Å². The van der Waals surface area contributed by atoms with Crippen LogP contribution in [0.5, 0.6) is 0 Å². The van der Waals surface area contributed by atoms with Crippen molar-refractivity contribution < 1.29 is 23.9 Å². The van der Waals surface area contributed by atoms with Gasteiger partial charge in [-0.1, -0.05) is 20.8 Å². The normalized spacial score (nSPS) is 22.3. The first-order valence-electron chi connectivity index (χ1n) is 8.07. The van der Waals surface area contributed by atoms with Crippen LogP contribution < -0.4 is 0 Å². The van der Waals surface area contributed by atoms with Gasteiger partial charge in [-0.05, 0) is 24.5 Å². The maximum absolute atomic E-state index is 12.3. The van der Waals surface area contributed by atoms with Crippen LogP contribution in [0.15, 0.2) is 11.8 Å². The number of esters is 2. The summed E-state index contributed by atoms with van der Waals surface area (Å²) in [5, 5.41) is 0.315. The lowest BCUT2D eigenvalue weighted by molar-refractivity contribution is -0.151. The third-order valence-electron chi connectivity index (χ3n) is 3.78. The fraction of sp³-hybridized carbons (Fsp3) is 0.706. The van der Waals surface area contributed by atoms with Crippen LogP contribution in [0.2, 0.25) is 0 Å². The molecular weight excluding hydrogens is 316 g/mol. The molecule has 0 aromatic heterocycles. The summed E-state index contributed by atoms with van der Waals surface area (Å²) in [5.74, 6) is -0.833. The van der Waals surface area contributed by atoms with Gasteiger partial charge in [-0.25, -0.2) is 0 Å². The topological polar surface area (TPSA) is 69.7 Å². The van der Waals surface area contributed by atoms with Gasteiger partial charge in [0.15, 0.2) is 5.78 Å². The molecule has 130 valence electrons. The van der Waals surface area contributed by atoms with Gasteiger partial charge < -0.3 is 9.47 Å². The third-order valence-corrected chi connectivity index (χ3v) is 4.88. The van der Waals surface area contributed by atoms with Gasteiger partial charge in [0, 0.05) is 24.2 Å². The maximum Gasteiger partial charge on any atom is 0.316 e. The molecule has 1 aliphatic rings. The van der Waals surface area contributed by atoms with Crippen LogP contribution in [0, 0.1) is 11.8 Å². The van der Waals surface area contributed by atoms with E-state index < -0.39 is 11.9 Å². The minimum absolute atomic E-state index is 0.196. The van der Waals surface area contributed by atoms with Crippen LogP contribution in [0.4, 0.5) is 0 Å². The van der Waals surface area contributed by atoms with E-state index in [1.807, 2.05) is 6.92 Å². The van der Waals surface area contributed by atoms with Crippen molar-refractivity contribution >= 4 is 29.5 Å². The number of hydrogen-bond acceptors (Lipinski definition) is 6. The van der Waals surface area contributed by atoms with Crippen molar-refractivity contribution in [2.24, 2.45) is 11.8 Å². The molecule has 0 amide bonds. The summed E-state index contributed by atoms with van der Waals surface area (Å²) in [7, 11) is 1.29. The highest BCUT2D eigenvalue weighted by Crippen LogP contribution is 2.35. The Bertz CT molecular complexity index is 472. The highest BCUT2D eigenvalue weighted by molar-refractivity contribution is 7.99. The van der Waals surface area contributed by atoms with E-state index in [-0.39, 0.29) is 17.7 Å². The number of rotatable bonds is 8. The molecule has 3 unspecified atom stereocenters. The standard InChI is InChI=1S/C17H26O5S/c1-5-7-15(19)22-13-9-12(8-11(3)23-6-2)16(14(18)10-13)17(20)21-4/h10-12,16H,5-9H2,1-4H3. The monoisotopic (exact) mass is 342 g/mol. The minimum atomic E-state index is -0.798. The molecule has 1 aliphatic carbocycles. The molecule has 0 aromatic rings. The smallest absolute Gasteiger partial charge is 0.316 e. The summed E-state index contributed by atoms with van der Waals surface area (Å²) in [6.07, 6.45) is 3.41. The highest BCUT2D eigenvalue weighted by Gasteiger charge is 2.39. The predicted molar refractivity (Wildman–Crippen MR) is 89.9 cm³/mol. The molecule has 0 saturated carbocycles. The number of methoxy groups -OCH3 is 1. The van der Waals surface area contributed by atoms with Crippen molar-refractivity contribution in [2.75, 3.05) is 12.9 Å². The van der Waals surface area contributed by atoms with Crippen molar-refractivity contribution in [3.8, 4) is 0 Å². The Morgan fingerprint density at radius 2 is 2.09 bits per heavy atom. The quantitative estimate of drug-likeness (QED) is 0.498. The first-order valence-corrected chi connectivity index (χ1v) is 9.12. The maximum atomic E-state index is 12.3. The van der Waals surface area contributed by atoms with Gasteiger partial charge in [0.05, 0.1) is 7.11 Å². The molecule has 0 radical (unpaired) electrons. The van der Waals surface area contributed by atoms with E-state index in [2.05, 4.69) is 13.8 Å². The summed E-state index contributed by atoms with van der Waals surface area (Å²) < 4.78 is 10.1. The Morgan fingerprint density at radius 1 is 1.39 bits per heavy atom. The Labute approximate surface area is 142 Å². The number of carbonyl (C=O) groups is 3.